The topological polar surface area (TPSA) is 42.7 Å². The van der Waals surface area contributed by atoms with Crippen LogP contribution in [0.2, 0.25) is 5.02 Å². The van der Waals surface area contributed by atoms with E-state index in [9.17, 15) is 0 Å². The summed E-state index contributed by atoms with van der Waals surface area (Å²) in [6.07, 6.45) is 7.39. The van der Waals surface area contributed by atoms with Crippen molar-refractivity contribution < 1.29 is 0 Å². The second-order valence-electron chi connectivity index (χ2n) is 10.4. The number of hydrogen-bond acceptors (Lipinski definition) is 3. The fraction of sp³-hybridized carbons (Fsp3) is 0.357. The van der Waals surface area contributed by atoms with Gasteiger partial charge < -0.3 is 9.88 Å². The molecule has 0 bridgehead atoms. The molecule has 0 aliphatic heterocycles. The van der Waals surface area contributed by atoms with Crippen molar-refractivity contribution in [2.45, 2.75) is 53.0 Å². The molecule has 2 heterocycles. The van der Waals surface area contributed by atoms with E-state index in [0.717, 1.165) is 57.1 Å². The Morgan fingerprint density at radius 1 is 1.06 bits per heavy atom. The van der Waals surface area contributed by atoms with Crippen molar-refractivity contribution in [3.05, 3.63) is 71.6 Å². The minimum absolute atomic E-state index is 0.328. The third-order valence-corrected chi connectivity index (χ3v) is 7.24. The van der Waals surface area contributed by atoms with Crippen molar-refractivity contribution in [2.24, 2.45) is 11.3 Å². The van der Waals surface area contributed by atoms with Crippen LogP contribution in [0.4, 0.5) is 5.82 Å². The Balaban J connectivity index is 1.66. The van der Waals surface area contributed by atoms with Gasteiger partial charge in [0.2, 0.25) is 0 Å². The summed E-state index contributed by atoms with van der Waals surface area (Å²) >= 11 is 6.48. The molecule has 4 aromatic rings. The standard InChI is InChI=1S/C28H31ClN4/c1-18-12-21(15-28(3,4)14-18)32-26-25-23(20-8-6-5-7-9-20)16-33(27(25)31-17-30-26)22-11-10-19(2)24(29)13-22/h5-11,13,16-18,21H,12,14-15H2,1-4H3,(H,30,31,32)/t18-,21-/m1/s1. The summed E-state index contributed by atoms with van der Waals surface area (Å²) < 4.78 is 2.13. The van der Waals surface area contributed by atoms with Gasteiger partial charge >= 0.3 is 0 Å². The number of benzene rings is 2. The minimum atomic E-state index is 0.328. The summed E-state index contributed by atoms with van der Waals surface area (Å²) in [5.74, 6) is 1.60. The first-order valence-corrected chi connectivity index (χ1v) is 12.1. The molecule has 170 valence electrons. The van der Waals surface area contributed by atoms with Gasteiger partial charge in [0.1, 0.15) is 12.1 Å². The van der Waals surface area contributed by atoms with Crippen LogP contribution < -0.4 is 5.32 Å². The lowest BCUT2D eigenvalue weighted by molar-refractivity contribution is 0.178. The zero-order valence-electron chi connectivity index (χ0n) is 19.8. The lowest BCUT2D eigenvalue weighted by atomic mass is 9.70. The molecule has 0 saturated heterocycles. The van der Waals surface area contributed by atoms with E-state index in [-0.39, 0.29) is 0 Å². The average Bonchev–Trinajstić information content (AvgIpc) is 3.16. The van der Waals surface area contributed by atoms with Crippen LogP contribution in [-0.4, -0.2) is 20.6 Å². The number of halogens is 1. The summed E-state index contributed by atoms with van der Waals surface area (Å²) in [6.45, 7) is 9.13. The highest BCUT2D eigenvalue weighted by molar-refractivity contribution is 6.31. The van der Waals surface area contributed by atoms with Crippen LogP contribution >= 0.6 is 11.6 Å². The van der Waals surface area contributed by atoms with E-state index in [1.807, 2.05) is 19.1 Å². The molecule has 0 amide bonds. The van der Waals surface area contributed by atoms with Gasteiger partial charge in [0, 0.05) is 28.5 Å². The minimum Gasteiger partial charge on any atom is -0.367 e. The summed E-state index contributed by atoms with van der Waals surface area (Å²) in [5, 5.41) is 5.62. The van der Waals surface area contributed by atoms with Crippen LogP contribution in [0.5, 0.6) is 0 Å². The molecule has 1 aliphatic rings. The van der Waals surface area contributed by atoms with Crippen molar-refractivity contribution in [1.29, 1.82) is 0 Å². The summed E-state index contributed by atoms with van der Waals surface area (Å²) in [5.41, 5.74) is 5.53. The monoisotopic (exact) mass is 458 g/mol. The van der Waals surface area contributed by atoms with Gasteiger partial charge in [0.15, 0.2) is 5.65 Å². The fourth-order valence-corrected chi connectivity index (χ4v) is 5.76. The van der Waals surface area contributed by atoms with E-state index in [0.29, 0.717) is 17.4 Å². The quantitative estimate of drug-likeness (QED) is 0.341. The number of fused-ring (bicyclic) bond motifs is 1. The molecule has 0 radical (unpaired) electrons. The second kappa shape index (κ2) is 8.49. The largest absolute Gasteiger partial charge is 0.367 e. The zero-order valence-corrected chi connectivity index (χ0v) is 20.5. The van der Waals surface area contributed by atoms with E-state index >= 15 is 0 Å². The van der Waals surface area contributed by atoms with Crippen LogP contribution in [0.3, 0.4) is 0 Å². The smallest absolute Gasteiger partial charge is 0.150 e. The molecular weight excluding hydrogens is 428 g/mol. The molecule has 33 heavy (non-hydrogen) atoms. The van der Waals surface area contributed by atoms with Gasteiger partial charge in [0.25, 0.3) is 0 Å². The summed E-state index contributed by atoms with van der Waals surface area (Å²) in [7, 11) is 0. The number of nitrogens with zero attached hydrogens (tertiary/aromatic N) is 3. The molecule has 4 nitrogen and oxygen atoms in total. The number of aryl methyl sites for hydroxylation is 1. The average molecular weight is 459 g/mol. The number of anilines is 1. The van der Waals surface area contributed by atoms with Gasteiger partial charge in [-0.25, -0.2) is 9.97 Å². The van der Waals surface area contributed by atoms with E-state index in [2.05, 4.69) is 73.3 Å². The Morgan fingerprint density at radius 3 is 2.58 bits per heavy atom. The number of nitrogens with one attached hydrogen (secondary N) is 1. The third kappa shape index (κ3) is 4.37. The van der Waals surface area contributed by atoms with E-state index in [1.165, 1.54) is 6.42 Å². The second-order valence-corrected chi connectivity index (χ2v) is 10.8. The van der Waals surface area contributed by atoms with Crippen molar-refractivity contribution in [3.63, 3.8) is 0 Å². The Kier molecular flexibility index (Phi) is 5.65. The first-order valence-electron chi connectivity index (χ1n) is 11.8. The van der Waals surface area contributed by atoms with Gasteiger partial charge in [-0.05, 0) is 60.8 Å². The molecule has 5 heteroatoms. The first kappa shape index (κ1) is 22.0. The number of rotatable bonds is 4. The lowest BCUT2D eigenvalue weighted by Crippen LogP contribution is -2.35. The molecule has 0 spiro atoms. The molecule has 2 atom stereocenters. The summed E-state index contributed by atoms with van der Waals surface area (Å²) in [4.78, 5) is 9.46. The molecule has 2 aromatic heterocycles. The number of aromatic nitrogens is 3. The van der Waals surface area contributed by atoms with Gasteiger partial charge in [-0.3, -0.25) is 0 Å². The van der Waals surface area contributed by atoms with E-state index in [1.54, 1.807) is 6.33 Å². The number of hydrogen-bond donors (Lipinski definition) is 1. The van der Waals surface area contributed by atoms with Crippen LogP contribution in [0, 0.1) is 18.3 Å². The molecule has 0 unspecified atom stereocenters. The van der Waals surface area contributed by atoms with Crippen LogP contribution in [0.25, 0.3) is 27.8 Å². The van der Waals surface area contributed by atoms with Crippen molar-refractivity contribution in [1.82, 2.24) is 14.5 Å². The van der Waals surface area contributed by atoms with Gasteiger partial charge in [-0.15, -0.1) is 0 Å². The van der Waals surface area contributed by atoms with E-state index < -0.39 is 0 Å². The van der Waals surface area contributed by atoms with Crippen LogP contribution in [-0.2, 0) is 0 Å². The van der Waals surface area contributed by atoms with Crippen molar-refractivity contribution in [3.8, 4) is 16.8 Å². The maximum Gasteiger partial charge on any atom is 0.150 e. The molecule has 1 saturated carbocycles. The Bertz CT molecular complexity index is 1290. The van der Waals surface area contributed by atoms with Crippen molar-refractivity contribution >= 4 is 28.5 Å². The van der Waals surface area contributed by atoms with Crippen LogP contribution in [0.15, 0.2) is 61.1 Å². The predicted octanol–water partition coefficient (Wildman–Crippen LogP) is 7.68. The molecule has 5 rings (SSSR count). The third-order valence-electron chi connectivity index (χ3n) is 6.83. The van der Waals surface area contributed by atoms with Gasteiger partial charge in [-0.1, -0.05) is 68.8 Å². The maximum atomic E-state index is 6.48. The summed E-state index contributed by atoms with van der Waals surface area (Å²) in [6, 6.07) is 17.0. The fourth-order valence-electron chi connectivity index (χ4n) is 5.59. The highest BCUT2D eigenvalue weighted by Crippen LogP contribution is 2.41. The highest BCUT2D eigenvalue weighted by Gasteiger charge is 2.32. The van der Waals surface area contributed by atoms with Gasteiger partial charge in [-0.2, -0.15) is 0 Å². The highest BCUT2D eigenvalue weighted by atomic mass is 35.5. The zero-order chi connectivity index (χ0) is 23.2. The molecule has 1 N–H and O–H groups in total. The molecule has 1 aliphatic carbocycles. The van der Waals surface area contributed by atoms with Gasteiger partial charge in [0.05, 0.1) is 5.39 Å². The van der Waals surface area contributed by atoms with Crippen LogP contribution in [0.1, 0.15) is 45.6 Å². The molecular formula is C28H31ClN4. The molecule has 2 aromatic carbocycles. The lowest BCUT2D eigenvalue weighted by Gasteiger charge is -2.39. The predicted molar refractivity (Wildman–Crippen MR) is 138 cm³/mol. The SMILES string of the molecule is Cc1ccc(-n2cc(-c3ccccc3)c3c(N[C@@H]4C[C@@H](C)CC(C)(C)C4)ncnc32)cc1Cl. The first-order chi connectivity index (χ1) is 15.8. The Morgan fingerprint density at radius 2 is 1.85 bits per heavy atom. The van der Waals surface area contributed by atoms with E-state index in [4.69, 9.17) is 21.6 Å². The maximum absolute atomic E-state index is 6.48. The van der Waals surface area contributed by atoms with Crippen molar-refractivity contribution in [2.75, 3.05) is 5.32 Å². The Labute approximate surface area is 201 Å². The normalized spacial score (nSPS) is 20.2. The Hall–Kier alpha value is -2.85. The molecule has 1 fully saturated rings.